The van der Waals surface area contributed by atoms with Crippen LogP contribution in [0.3, 0.4) is 0 Å². The van der Waals surface area contributed by atoms with Gasteiger partial charge in [0, 0.05) is 31.9 Å². The van der Waals surface area contributed by atoms with Gasteiger partial charge < -0.3 is 5.32 Å². The van der Waals surface area contributed by atoms with Crippen LogP contribution in [0.15, 0.2) is 77.7 Å². The fourth-order valence-electron chi connectivity index (χ4n) is 4.29. The van der Waals surface area contributed by atoms with Crippen LogP contribution < -0.4 is 5.32 Å². The summed E-state index contributed by atoms with van der Waals surface area (Å²) in [7, 11) is -3.68. The minimum absolute atomic E-state index is 0.145. The van der Waals surface area contributed by atoms with Crippen molar-refractivity contribution < 1.29 is 13.2 Å². The van der Waals surface area contributed by atoms with Gasteiger partial charge in [-0.15, -0.1) is 0 Å². The van der Waals surface area contributed by atoms with Crippen molar-refractivity contribution in [3.8, 4) is 6.07 Å². The van der Waals surface area contributed by atoms with Crippen molar-refractivity contribution >= 4 is 21.6 Å². The molecule has 0 saturated carbocycles. The van der Waals surface area contributed by atoms with Crippen molar-refractivity contribution in [3.05, 3.63) is 95.1 Å². The van der Waals surface area contributed by atoms with E-state index in [-0.39, 0.29) is 23.9 Å². The molecule has 1 heterocycles. The highest BCUT2D eigenvalue weighted by Crippen LogP contribution is 2.27. The number of anilines is 1. The third-order valence-electron chi connectivity index (χ3n) is 6.27. The van der Waals surface area contributed by atoms with Crippen LogP contribution in [0.25, 0.3) is 0 Å². The summed E-state index contributed by atoms with van der Waals surface area (Å²) in [6, 6.07) is 22.9. The second kappa shape index (κ2) is 10.4. The zero-order valence-corrected chi connectivity index (χ0v) is 20.6. The van der Waals surface area contributed by atoms with Crippen LogP contribution in [0.1, 0.15) is 28.3 Å². The molecule has 1 unspecified atom stereocenters. The molecule has 1 amide bonds. The molecule has 7 nitrogen and oxygen atoms in total. The lowest BCUT2D eigenvalue weighted by Crippen LogP contribution is -2.51. The summed E-state index contributed by atoms with van der Waals surface area (Å²) in [6.07, 6.45) is 0. The van der Waals surface area contributed by atoms with Crippen molar-refractivity contribution in [1.82, 2.24) is 9.21 Å². The Bertz CT molecular complexity index is 1340. The standard InChI is InChI=1S/C27H28N4O3S/c1-20-8-9-21(2)25(18-20)29-27(32)26(23-6-4-3-5-7-23)30-14-16-31(17-15-30)35(33,34)24-12-10-22(19-28)11-13-24/h3-13,18,26H,14-17H2,1-2H3,(H,29,32). The van der Waals surface area contributed by atoms with Crippen molar-refractivity contribution in [2.45, 2.75) is 24.8 Å². The van der Waals surface area contributed by atoms with Gasteiger partial charge in [-0.2, -0.15) is 9.57 Å². The first kappa shape index (κ1) is 24.6. The van der Waals surface area contributed by atoms with Crippen LogP contribution in [0.4, 0.5) is 5.69 Å². The number of aryl methyl sites for hydroxylation is 2. The molecule has 3 aromatic carbocycles. The van der Waals surface area contributed by atoms with Gasteiger partial charge in [0.15, 0.2) is 0 Å². The van der Waals surface area contributed by atoms with Gasteiger partial charge in [0.2, 0.25) is 15.9 Å². The number of carbonyl (C=O) groups is 1. The Labute approximate surface area is 206 Å². The smallest absolute Gasteiger partial charge is 0.246 e. The average molecular weight is 489 g/mol. The summed E-state index contributed by atoms with van der Waals surface area (Å²) in [5.74, 6) is -0.145. The lowest BCUT2D eigenvalue weighted by atomic mass is 10.0. The third kappa shape index (κ3) is 5.43. The van der Waals surface area contributed by atoms with E-state index in [1.807, 2.05) is 73.3 Å². The molecule has 0 radical (unpaired) electrons. The molecule has 4 rings (SSSR count). The van der Waals surface area contributed by atoms with Gasteiger partial charge >= 0.3 is 0 Å². The van der Waals surface area contributed by atoms with Gasteiger partial charge in [0.1, 0.15) is 6.04 Å². The van der Waals surface area contributed by atoms with E-state index in [1.54, 1.807) is 0 Å². The molecule has 180 valence electrons. The Kier molecular flexibility index (Phi) is 7.31. The summed E-state index contributed by atoms with van der Waals surface area (Å²) in [6.45, 7) is 5.30. The molecular weight excluding hydrogens is 460 g/mol. The van der Waals surface area contributed by atoms with Gasteiger partial charge in [0.05, 0.1) is 16.5 Å². The van der Waals surface area contributed by atoms with Crippen LogP contribution in [-0.4, -0.2) is 49.7 Å². The quantitative estimate of drug-likeness (QED) is 0.569. The second-order valence-corrected chi connectivity index (χ2v) is 10.6. The van der Waals surface area contributed by atoms with Gasteiger partial charge in [-0.05, 0) is 60.9 Å². The number of hydrogen-bond acceptors (Lipinski definition) is 5. The van der Waals surface area contributed by atoms with Crippen molar-refractivity contribution in [3.63, 3.8) is 0 Å². The highest BCUT2D eigenvalue weighted by Gasteiger charge is 2.34. The Morgan fingerprint density at radius 3 is 2.23 bits per heavy atom. The summed E-state index contributed by atoms with van der Waals surface area (Å²) in [4.78, 5) is 15.7. The maximum Gasteiger partial charge on any atom is 0.246 e. The molecule has 35 heavy (non-hydrogen) atoms. The first-order valence-corrected chi connectivity index (χ1v) is 12.9. The van der Waals surface area contributed by atoms with Crippen LogP contribution in [0.5, 0.6) is 0 Å². The molecule has 1 fully saturated rings. The molecule has 1 aliphatic rings. The number of amides is 1. The molecule has 0 aliphatic carbocycles. The normalized spacial score (nSPS) is 15.8. The van der Waals surface area contributed by atoms with Crippen LogP contribution in [0, 0.1) is 25.2 Å². The van der Waals surface area contributed by atoms with E-state index >= 15 is 0 Å². The molecule has 3 aromatic rings. The van der Waals surface area contributed by atoms with Crippen molar-refractivity contribution in [2.75, 3.05) is 31.5 Å². The van der Waals surface area contributed by atoms with Crippen LogP contribution >= 0.6 is 0 Å². The van der Waals surface area contributed by atoms with E-state index in [1.165, 1.54) is 28.6 Å². The number of hydrogen-bond donors (Lipinski definition) is 1. The van der Waals surface area contributed by atoms with Crippen molar-refractivity contribution in [2.24, 2.45) is 0 Å². The van der Waals surface area contributed by atoms with Gasteiger partial charge in [-0.25, -0.2) is 8.42 Å². The van der Waals surface area contributed by atoms with Crippen molar-refractivity contribution in [1.29, 1.82) is 5.26 Å². The fourth-order valence-corrected chi connectivity index (χ4v) is 5.71. The van der Waals surface area contributed by atoms with E-state index < -0.39 is 16.1 Å². The van der Waals surface area contributed by atoms with E-state index in [9.17, 15) is 13.2 Å². The number of nitrogens with one attached hydrogen (secondary N) is 1. The molecule has 0 bridgehead atoms. The number of rotatable bonds is 6. The summed E-state index contributed by atoms with van der Waals surface area (Å²) in [5, 5.41) is 12.1. The van der Waals surface area contributed by atoms with E-state index in [0.29, 0.717) is 18.7 Å². The highest BCUT2D eigenvalue weighted by atomic mass is 32.2. The fraction of sp³-hybridized carbons (Fsp3) is 0.259. The number of sulfonamides is 1. The number of nitriles is 1. The molecule has 8 heteroatoms. The summed E-state index contributed by atoms with van der Waals surface area (Å²) in [5.41, 5.74) is 4.09. The third-order valence-corrected chi connectivity index (χ3v) is 8.19. The lowest BCUT2D eigenvalue weighted by molar-refractivity contribution is -0.122. The number of piperazine rings is 1. The lowest BCUT2D eigenvalue weighted by Gasteiger charge is -2.38. The van der Waals surface area contributed by atoms with Crippen LogP contribution in [0.2, 0.25) is 0 Å². The molecule has 1 atom stereocenters. The summed E-state index contributed by atoms with van der Waals surface area (Å²) < 4.78 is 27.7. The maximum atomic E-state index is 13.5. The molecule has 0 spiro atoms. The Morgan fingerprint density at radius 1 is 0.943 bits per heavy atom. The Hall–Kier alpha value is -3.51. The van der Waals surface area contributed by atoms with E-state index in [0.717, 1.165) is 22.4 Å². The first-order chi connectivity index (χ1) is 16.8. The largest absolute Gasteiger partial charge is 0.324 e. The summed E-state index contributed by atoms with van der Waals surface area (Å²) >= 11 is 0. The molecule has 0 aromatic heterocycles. The molecule has 1 aliphatic heterocycles. The van der Waals surface area contributed by atoms with Gasteiger partial charge in [-0.3, -0.25) is 9.69 Å². The Morgan fingerprint density at radius 2 is 1.60 bits per heavy atom. The molecule has 1 saturated heterocycles. The second-order valence-electron chi connectivity index (χ2n) is 8.70. The topological polar surface area (TPSA) is 93.5 Å². The van der Waals surface area contributed by atoms with Crippen LogP contribution in [-0.2, 0) is 14.8 Å². The van der Waals surface area contributed by atoms with Gasteiger partial charge in [-0.1, -0.05) is 42.5 Å². The monoisotopic (exact) mass is 488 g/mol. The molecule has 1 N–H and O–H groups in total. The zero-order chi connectivity index (χ0) is 25.0. The predicted molar refractivity (Wildman–Crippen MR) is 135 cm³/mol. The Balaban J connectivity index is 1.53. The van der Waals surface area contributed by atoms with E-state index in [2.05, 4.69) is 5.32 Å². The number of carbonyl (C=O) groups excluding carboxylic acids is 1. The highest BCUT2D eigenvalue weighted by molar-refractivity contribution is 7.89. The minimum Gasteiger partial charge on any atom is -0.324 e. The number of nitrogens with zero attached hydrogens (tertiary/aromatic N) is 3. The zero-order valence-electron chi connectivity index (χ0n) is 19.8. The van der Waals surface area contributed by atoms with Gasteiger partial charge in [0.25, 0.3) is 0 Å². The van der Waals surface area contributed by atoms with E-state index in [4.69, 9.17) is 5.26 Å². The SMILES string of the molecule is Cc1ccc(C)c(NC(=O)C(c2ccccc2)N2CCN(S(=O)(=O)c3ccc(C#N)cc3)CC2)c1. The number of benzene rings is 3. The predicted octanol–water partition coefficient (Wildman–Crippen LogP) is 3.86. The first-order valence-electron chi connectivity index (χ1n) is 11.5. The minimum atomic E-state index is -3.68. The maximum absolute atomic E-state index is 13.5. The molecular formula is C27H28N4O3S. The average Bonchev–Trinajstić information content (AvgIpc) is 2.87.